The molecule has 0 N–H and O–H groups in total. The maximum atomic E-state index is 13.5. The molecule has 1 aromatic rings. The molecule has 5 rings (SSSR count). The van der Waals surface area contributed by atoms with E-state index in [0.29, 0.717) is 17.9 Å². The molecule has 0 amide bonds. The first kappa shape index (κ1) is 22.4. The average Bonchev–Trinajstić information content (AvgIpc) is 3.11. The molecule has 176 valence electrons. The van der Waals surface area contributed by atoms with Crippen LogP contribution in [0, 0.1) is 28.6 Å². The Labute approximate surface area is 195 Å². The van der Waals surface area contributed by atoms with Gasteiger partial charge in [0, 0.05) is 24.7 Å². The summed E-state index contributed by atoms with van der Waals surface area (Å²) in [7, 11) is 0. The zero-order valence-corrected chi connectivity index (χ0v) is 19.8. The molecule has 0 radical (unpaired) electrons. The van der Waals surface area contributed by atoms with Crippen molar-refractivity contribution in [1.29, 1.82) is 0 Å². The SMILES string of the molecule is CC(=O)O[C@H]1CC[C@@]2(C)C(=CC(=O)[C@@H]3[C@H]4CC[C@H](OC(=O)c5ccccc5)[C@]4(C)CC[C@H]32)C1. The summed E-state index contributed by atoms with van der Waals surface area (Å²) in [4.78, 5) is 37.7. The summed E-state index contributed by atoms with van der Waals surface area (Å²) in [5.74, 6) is 0.241. The number of hydrogen-bond donors (Lipinski definition) is 0. The Bertz CT molecular complexity index is 997. The van der Waals surface area contributed by atoms with Crippen LogP contribution in [0.2, 0.25) is 0 Å². The van der Waals surface area contributed by atoms with Crippen LogP contribution >= 0.6 is 0 Å². The average molecular weight is 451 g/mol. The van der Waals surface area contributed by atoms with Crippen LogP contribution in [0.15, 0.2) is 42.0 Å². The molecule has 0 unspecified atom stereocenters. The molecule has 0 heterocycles. The van der Waals surface area contributed by atoms with Crippen molar-refractivity contribution in [2.45, 2.75) is 77.9 Å². The van der Waals surface area contributed by atoms with Crippen LogP contribution in [0.25, 0.3) is 0 Å². The van der Waals surface area contributed by atoms with E-state index in [1.54, 1.807) is 12.1 Å². The van der Waals surface area contributed by atoms with Gasteiger partial charge in [-0.1, -0.05) is 37.6 Å². The van der Waals surface area contributed by atoms with Crippen molar-refractivity contribution >= 4 is 17.7 Å². The van der Waals surface area contributed by atoms with Gasteiger partial charge in [-0.3, -0.25) is 9.59 Å². The molecule has 3 fully saturated rings. The number of ether oxygens (including phenoxy) is 2. The third-order valence-corrected chi connectivity index (χ3v) is 9.41. The lowest BCUT2D eigenvalue weighted by atomic mass is 9.47. The van der Waals surface area contributed by atoms with Crippen LogP contribution in [0.1, 0.15) is 76.1 Å². The minimum Gasteiger partial charge on any atom is -0.462 e. The van der Waals surface area contributed by atoms with Gasteiger partial charge in [0.2, 0.25) is 0 Å². The molecule has 0 aliphatic heterocycles. The molecular weight excluding hydrogens is 416 g/mol. The fourth-order valence-corrected chi connectivity index (χ4v) is 7.62. The molecule has 5 heteroatoms. The second-order valence-corrected chi connectivity index (χ2v) is 11.1. The quantitative estimate of drug-likeness (QED) is 0.586. The highest BCUT2D eigenvalue weighted by molar-refractivity contribution is 5.94. The highest BCUT2D eigenvalue weighted by Gasteiger charge is 2.62. The number of carbonyl (C=O) groups is 3. The predicted molar refractivity (Wildman–Crippen MR) is 123 cm³/mol. The molecule has 5 nitrogen and oxygen atoms in total. The van der Waals surface area contributed by atoms with E-state index in [0.717, 1.165) is 38.5 Å². The van der Waals surface area contributed by atoms with Gasteiger partial charge in [0.25, 0.3) is 0 Å². The fraction of sp³-hybridized carbons (Fsp3) is 0.607. The molecule has 33 heavy (non-hydrogen) atoms. The van der Waals surface area contributed by atoms with Gasteiger partial charge >= 0.3 is 11.9 Å². The van der Waals surface area contributed by atoms with Crippen LogP contribution in [0.3, 0.4) is 0 Å². The van der Waals surface area contributed by atoms with Gasteiger partial charge in [0.05, 0.1) is 5.56 Å². The van der Waals surface area contributed by atoms with Crippen LogP contribution in [-0.2, 0) is 19.1 Å². The molecule has 0 spiro atoms. The summed E-state index contributed by atoms with van der Waals surface area (Å²) in [5.41, 5.74) is 1.56. The third kappa shape index (κ3) is 3.64. The molecule has 4 aliphatic carbocycles. The highest BCUT2D eigenvalue weighted by atomic mass is 16.5. The Morgan fingerprint density at radius 2 is 1.70 bits per heavy atom. The van der Waals surface area contributed by atoms with Gasteiger partial charge in [0.15, 0.2) is 5.78 Å². The lowest BCUT2D eigenvalue weighted by molar-refractivity contribution is -0.149. The zero-order valence-electron chi connectivity index (χ0n) is 19.8. The van der Waals surface area contributed by atoms with Crippen molar-refractivity contribution in [2.24, 2.45) is 28.6 Å². The van der Waals surface area contributed by atoms with Gasteiger partial charge in [-0.25, -0.2) is 4.79 Å². The Morgan fingerprint density at radius 1 is 0.939 bits per heavy atom. The number of benzene rings is 1. The summed E-state index contributed by atoms with van der Waals surface area (Å²) in [5, 5.41) is 0. The molecule has 0 bridgehead atoms. The molecular formula is C28H34O5. The van der Waals surface area contributed by atoms with Crippen molar-refractivity contribution in [3.05, 3.63) is 47.5 Å². The van der Waals surface area contributed by atoms with E-state index in [-0.39, 0.29) is 52.6 Å². The molecule has 4 aliphatic rings. The number of rotatable bonds is 3. The second-order valence-electron chi connectivity index (χ2n) is 11.1. The van der Waals surface area contributed by atoms with Crippen molar-refractivity contribution in [3.63, 3.8) is 0 Å². The van der Waals surface area contributed by atoms with E-state index in [1.807, 2.05) is 24.3 Å². The first-order chi connectivity index (χ1) is 15.7. The minimum absolute atomic E-state index is 0.0109. The monoisotopic (exact) mass is 450 g/mol. The van der Waals surface area contributed by atoms with Gasteiger partial charge in [-0.15, -0.1) is 0 Å². The molecule has 0 aromatic heterocycles. The van der Waals surface area contributed by atoms with Crippen LogP contribution in [0.4, 0.5) is 0 Å². The van der Waals surface area contributed by atoms with Gasteiger partial charge in [0.1, 0.15) is 12.2 Å². The smallest absolute Gasteiger partial charge is 0.338 e. The molecule has 1 aromatic carbocycles. The summed E-state index contributed by atoms with van der Waals surface area (Å²) in [6.45, 7) is 6.00. The number of allylic oxidation sites excluding steroid dienone is 1. The van der Waals surface area contributed by atoms with Crippen molar-refractivity contribution in [2.75, 3.05) is 0 Å². The molecule has 0 saturated heterocycles. The maximum Gasteiger partial charge on any atom is 0.338 e. The van der Waals surface area contributed by atoms with E-state index in [2.05, 4.69) is 13.8 Å². The van der Waals surface area contributed by atoms with Gasteiger partial charge in [-0.05, 0) is 74.0 Å². The summed E-state index contributed by atoms with van der Waals surface area (Å²) in [6.07, 6.45) is 7.75. The number of fused-ring (bicyclic) bond motifs is 5. The lowest BCUT2D eigenvalue weighted by Crippen LogP contribution is -2.54. The molecule has 7 atom stereocenters. The Hall–Kier alpha value is -2.43. The number of ketones is 1. The Balaban J connectivity index is 1.37. The Morgan fingerprint density at radius 3 is 2.42 bits per heavy atom. The molecule has 3 saturated carbocycles. The van der Waals surface area contributed by atoms with Gasteiger partial charge < -0.3 is 9.47 Å². The van der Waals surface area contributed by atoms with E-state index in [4.69, 9.17) is 9.47 Å². The topological polar surface area (TPSA) is 69.7 Å². The van der Waals surface area contributed by atoms with E-state index < -0.39 is 0 Å². The van der Waals surface area contributed by atoms with Gasteiger partial charge in [-0.2, -0.15) is 0 Å². The number of esters is 2. The van der Waals surface area contributed by atoms with Crippen LogP contribution in [0.5, 0.6) is 0 Å². The van der Waals surface area contributed by atoms with E-state index in [1.165, 1.54) is 12.5 Å². The third-order valence-electron chi connectivity index (χ3n) is 9.41. The number of carbonyl (C=O) groups excluding carboxylic acids is 3. The maximum absolute atomic E-state index is 13.5. The summed E-state index contributed by atoms with van der Waals surface area (Å²) >= 11 is 0. The Kier molecular flexibility index (Phi) is 5.49. The predicted octanol–water partition coefficient (Wildman–Crippen LogP) is 5.29. The normalized spacial score (nSPS) is 39.5. The van der Waals surface area contributed by atoms with Crippen LogP contribution in [-0.4, -0.2) is 29.9 Å². The van der Waals surface area contributed by atoms with E-state index >= 15 is 0 Å². The first-order valence-electron chi connectivity index (χ1n) is 12.4. The second kappa shape index (κ2) is 8.11. The van der Waals surface area contributed by atoms with Crippen molar-refractivity contribution in [3.8, 4) is 0 Å². The largest absolute Gasteiger partial charge is 0.462 e. The summed E-state index contributed by atoms with van der Waals surface area (Å²) in [6, 6.07) is 9.17. The van der Waals surface area contributed by atoms with Crippen molar-refractivity contribution in [1.82, 2.24) is 0 Å². The highest BCUT2D eigenvalue weighted by Crippen LogP contribution is 2.64. The minimum atomic E-state index is -0.266. The summed E-state index contributed by atoms with van der Waals surface area (Å²) < 4.78 is 11.5. The fourth-order valence-electron chi connectivity index (χ4n) is 7.62. The van der Waals surface area contributed by atoms with Crippen molar-refractivity contribution < 1.29 is 23.9 Å². The standard InChI is InChI=1S/C28H34O5/c1-17(29)32-20-11-13-27(2)19(15-20)16-23(30)25-21-9-10-24(28(21,3)14-12-22(25)27)33-26(31)18-7-5-4-6-8-18/h4-8,16,20-22,24-25H,9-15H2,1-3H3/t20-,21+,22+,24-,25+,27-,28+/m0/s1. The van der Waals surface area contributed by atoms with Crippen LogP contribution < -0.4 is 0 Å². The van der Waals surface area contributed by atoms with E-state index in [9.17, 15) is 14.4 Å². The first-order valence-corrected chi connectivity index (χ1v) is 12.4. The zero-order chi connectivity index (χ0) is 23.4. The lowest BCUT2D eigenvalue weighted by Gasteiger charge is -2.56. The number of hydrogen-bond acceptors (Lipinski definition) is 5.